The molecule has 0 heterocycles. The van der Waals surface area contributed by atoms with Crippen LogP contribution in [0.5, 0.6) is 5.75 Å². The van der Waals surface area contributed by atoms with Gasteiger partial charge in [0.1, 0.15) is 5.75 Å². The van der Waals surface area contributed by atoms with E-state index in [-0.39, 0.29) is 0 Å². The lowest BCUT2D eigenvalue weighted by atomic mass is 10.0. The average molecular weight is 237 g/mol. The smallest absolute Gasteiger partial charge is 0.135 e. The van der Waals surface area contributed by atoms with Gasteiger partial charge in [-0.1, -0.05) is 48.5 Å². The molecule has 1 heteroatoms. The van der Waals surface area contributed by atoms with Gasteiger partial charge in [-0.25, -0.2) is 0 Å². The lowest BCUT2D eigenvalue weighted by molar-refractivity contribution is 0.210. The van der Waals surface area contributed by atoms with Gasteiger partial charge in [-0.3, -0.25) is 0 Å². The van der Waals surface area contributed by atoms with Crippen LogP contribution in [0.2, 0.25) is 0 Å². The zero-order chi connectivity index (χ0) is 12.2. The third-order valence-electron chi connectivity index (χ3n) is 3.49. The predicted octanol–water partition coefficient (Wildman–Crippen LogP) is 4.48. The van der Waals surface area contributed by atoms with E-state index in [0.717, 1.165) is 11.3 Å². The minimum absolute atomic E-state index is 0.381. The molecule has 91 valence electrons. The van der Waals surface area contributed by atoms with Gasteiger partial charge in [-0.05, 0) is 31.2 Å². The topological polar surface area (TPSA) is 9.23 Å². The molecular weight excluding hydrogens is 220 g/mol. The number of hydrogen-bond acceptors (Lipinski definition) is 1. The predicted molar refractivity (Wildman–Crippen MR) is 73.6 cm³/mol. The van der Waals surface area contributed by atoms with Crippen LogP contribution in [0.4, 0.5) is 0 Å². The molecule has 1 fully saturated rings. The van der Waals surface area contributed by atoms with Crippen LogP contribution in [0.25, 0.3) is 11.1 Å². The van der Waals surface area contributed by atoms with Crippen molar-refractivity contribution in [3.63, 3.8) is 0 Å². The molecule has 18 heavy (non-hydrogen) atoms. The van der Waals surface area contributed by atoms with Gasteiger partial charge in [0, 0.05) is 11.6 Å². The summed E-state index contributed by atoms with van der Waals surface area (Å²) in [5, 5.41) is 0. The van der Waals surface area contributed by atoms with Gasteiger partial charge in [-0.15, -0.1) is 0 Å². The van der Waals surface area contributed by atoms with Crippen LogP contribution >= 0.6 is 0 Å². The van der Waals surface area contributed by atoms with Gasteiger partial charge in [-0.2, -0.15) is 0 Å². The van der Waals surface area contributed by atoms with Crippen molar-refractivity contribution in [3.05, 3.63) is 54.6 Å². The van der Waals surface area contributed by atoms with Crippen LogP contribution in [-0.4, -0.2) is 6.10 Å². The Morgan fingerprint density at radius 1 is 0.944 bits per heavy atom. The minimum atomic E-state index is 0.381. The molecule has 2 aromatic rings. The van der Waals surface area contributed by atoms with Crippen molar-refractivity contribution in [3.8, 4) is 16.9 Å². The normalized spacial score (nSPS) is 15.8. The first-order chi connectivity index (χ1) is 8.93. The fraction of sp³-hybridized carbons (Fsp3) is 0.294. The van der Waals surface area contributed by atoms with Gasteiger partial charge in [0.15, 0.2) is 0 Å². The molecule has 0 saturated heterocycles. The van der Waals surface area contributed by atoms with Crippen molar-refractivity contribution < 1.29 is 4.74 Å². The summed E-state index contributed by atoms with van der Waals surface area (Å²) in [4.78, 5) is 0. The van der Waals surface area contributed by atoms with Gasteiger partial charge < -0.3 is 4.74 Å². The minimum Gasteiger partial charge on any atom is -0.489 e. The van der Waals surface area contributed by atoms with E-state index in [1.54, 1.807) is 0 Å². The highest BCUT2D eigenvalue weighted by Gasteiger charge is 2.18. The van der Waals surface area contributed by atoms with E-state index in [0.29, 0.717) is 6.10 Å². The van der Waals surface area contributed by atoms with Crippen LogP contribution < -0.4 is 4.74 Å². The standard InChI is InChI=1S/C17H17O/c1-2-8-14(9-3-1)16-12-6-7-13-17(16)18-15-10-4-5-11-15/h1-3,6-9,12,15H,4-5,10-11H2. The molecule has 2 aromatic carbocycles. The fourth-order valence-electron chi connectivity index (χ4n) is 2.54. The summed E-state index contributed by atoms with van der Waals surface area (Å²) in [5.41, 5.74) is 2.34. The van der Waals surface area contributed by atoms with Gasteiger partial charge in [0.05, 0.1) is 6.10 Å². The number of para-hydroxylation sites is 1. The van der Waals surface area contributed by atoms with Crippen molar-refractivity contribution >= 4 is 0 Å². The molecule has 1 radical (unpaired) electrons. The van der Waals surface area contributed by atoms with E-state index < -0.39 is 0 Å². The largest absolute Gasteiger partial charge is 0.489 e. The van der Waals surface area contributed by atoms with E-state index >= 15 is 0 Å². The Bertz CT molecular complexity index is 498. The fourth-order valence-corrected chi connectivity index (χ4v) is 2.54. The molecule has 0 N–H and O–H groups in total. The van der Waals surface area contributed by atoms with Crippen LogP contribution in [0.15, 0.2) is 48.5 Å². The third-order valence-corrected chi connectivity index (χ3v) is 3.49. The molecule has 0 atom stereocenters. The van der Waals surface area contributed by atoms with Crippen LogP contribution in [0.1, 0.15) is 25.7 Å². The monoisotopic (exact) mass is 237 g/mol. The second-order valence-electron chi connectivity index (χ2n) is 4.80. The molecule has 0 aromatic heterocycles. The van der Waals surface area contributed by atoms with Gasteiger partial charge in [0.25, 0.3) is 0 Å². The van der Waals surface area contributed by atoms with E-state index in [9.17, 15) is 0 Å². The summed E-state index contributed by atoms with van der Waals surface area (Å²) < 4.78 is 6.11. The summed E-state index contributed by atoms with van der Waals surface area (Å²) in [7, 11) is 0. The Morgan fingerprint density at radius 2 is 1.72 bits per heavy atom. The molecule has 0 spiro atoms. The number of hydrogen-bond donors (Lipinski definition) is 0. The molecule has 1 saturated carbocycles. The van der Waals surface area contributed by atoms with E-state index in [2.05, 4.69) is 36.4 Å². The number of ether oxygens (including phenoxy) is 1. The summed E-state index contributed by atoms with van der Waals surface area (Å²) in [6, 6.07) is 19.7. The quantitative estimate of drug-likeness (QED) is 0.765. The molecule has 1 nitrogen and oxygen atoms in total. The Hall–Kier alpha value is -1.76. The molecule has 0 unspecified atom stereocenters. The lowest BCUT2D eigenvalue weighted by Crippen LogP contribution is -2.11. The second-order valence-corrected chi connectivity index (χ2v) is 4.80. The van der Waals surface area contributed by atoms with Gasteiger partial charge >= 0.3 is 0 Å². The highest BCUT2D eigenvalue weighted by molar-refractivity contribution is 5.69. The first kappa shape index (κ1) is 11.3. The Kier molecular flexibility index (Phi) is 3.31. The third kappa shape index (κ3) is 2.40. The van der Waals surface area contributed by atoms with E-state index in [1.807, 2.05) is 18.2 Å². The zero-order valence-corrected chi connectivity index (χ0v) is 10.4. The van der Waals surface area contributed by atoms with Gasteiger partial charge in [0.2, 0.25) is 0 Å². The molecule has 1 aliphatic carbocycles. The lowest BCUT2D eigenvalue weighted by Gasteiger charge is -2.16. The van der Waals surface area contributed by atoms with Crippen molar-refractivity contribution in [2.45, 2.75) is 31.8 Å². The Balaban J connectivity index is 1.90. The summed E-state index contributed by atoms with van der Waals surface area (Å²) in [6.07, 6.45) is 5.32. The first-order valence-corrected chi connectivity index (χ1v) is 6.66. The molecular formula is C17H17O. The van der Waals surface area contributed by atoms with Crippen molar-refractivity contribution in [2.24, 2.45) is 0 Å². The van der Waals surface area contributed by atoms with Crippen molar-refractivity contribution in [2.75, 3.05) is 0 Å². The van der Waals surface area contributed by atoms with Crippen molar-refractivity contribution in [1.29, 1.82) is 0 Å². The van der Waals surface area contributed by atoms with E-state index in [1.165, 1.54) is 31.2 Å². The van der Waals surface area contributed by atoms with Crippen LogP contribution in [-0.2, 0) is 0 Å². The SMILES string of the molecule is [c]1cccc(-c2ccccc2)c1OC1CCCC1. The average Bonchev–Trinajstić information content (AvgIpc) is 2.93. The van der Waals surface area contributed by atoms with Crippen LogP contribution in [0.3, 0.4) is 0 Å². The Morgan fingerprint density at radius 3 is 2.50 bits per heavy atom. The van der Waals surface area contributed by atoms with Crippen LogP contribution in [0, 0.1) is 6.07 Å². The highest BCUT2D eigenvalue weighted by Crippen LogP contribution is 2.32. The maximum atomic E-state index is 6.11. The highest BCUT2D eigenvalue weighted by atomic mass is 16.5. The van der Waals surface area contributed by atoms with Crippen molar-refractivity contribution in [1.82, 2.24) is 0 Å². The first-order valence-electron chi connectivity index (χ1n) is 6.66. The maximum absolute atomic E-state index is 6.11. The molecule has 3 rings (SSSR count). The zero-order valence-electron chi connectivity index (χ0n) is 10.4. The summed E-state index contributed by atoms with van der Waals surface area (Å²) in [5.74, 6) is 0.899. The molecule has 1 aliphatic rings. The molecule has 0 amide bonds. The summed E-state index contributed by atoms with van der Waals surface area (Å²) in [6.45, 7) is 0. The summed E-state index contributed by atoms with van der Waals surface area (Å²) >= 11 is 0. The Labute approximate surface area is 108 Å². The number of benzene rings is 2. The van der Waals surface area contributed by atoms with E-state index in [4.69, 9.17) is 4.74 Å². The maximum Gasteiger partial charge on any atom is 0.135 e. The molecule has 0 aliphatic heterocycles. The second kappa shape index (κ2) is 5.26. The molecule has 0 bridgehead atoms. The number of rotatable bonds is 3.